The number of para-hydroxylation sites is 1. The summed E-state index contributed by atoms with van der Waals surface area (Å²) in [6.07, 6.45) is 0.708. The van der Waals surface area contributed by atoms with Crippen molar-refractivity contribution in [3.8, 4) is 0 Å². The summed E-state index contributed by atoms with van der Waals surface area (Å²) < 4.78 is 1.47. The molecule has 0 aliphatic carbocycles. The molecule has 164 valence electrons. The van der Waals surface area contributed by atoms with Crippen LogP contribution in [-0.2, 0) is 29.3 Å². The first-order valence-corrected chi connectivity index (χ1v) is 11.2. The molecule has 0 radical (unpaired) electrons. The largest absolute Gasteiger partial charge is 0.354 e. The number of hydrogen-bond acceptors (Lipinski definition) is 6. The van der Waals surface area contributed by atoms with Crippen molar-refractivity contribution in [3.63, 3.8) is 0 Å². The van der Waals surface area contributed by atoms with Gasteiger partial charge in [0.1, 0.15) is 17.9 Å². The van der Waals surface area contributed by atoms with Crippen LogP contribution in [0.5, 0.6) is 0 Å². The first-order valence-electron chi connectivity index (χ1n) is 10.0. The molecule has 0 atom stereocenters. The third-order valence-electron chi connectivity index (χ3n) is 5.07. The van der Waals surface area contributed by atoms with E-state index in [9.17, 15) is 19.7 Å². The molecule has 0 saturated carbocycles. The molecule has 32 heavy (non-hydrogen) atoms. The number of nitro groups is 1. The molecule has 0 saturated heterocycles. The first-order chi connectivity index (χ1) is 15.5. The fourth-order valence-corrected chi connectivity index (χ4v) is 4.54. The van der Waals surface area contributed by atoms with Gasteiger partial charge in [0.2, 0.25) is 5.91 Å². The summed E-state index contributed by atoms with van der Waals surface area (Å²) in [7, 11) is 0. The van der Waals surface area contributed by atoms with Crippen LogP contribution in [0.2, 0.25) is 0 Å². The van der Waals surface area contributed by atoms with E-state index in [1.807, 2.05) is 30.3 Å². The maximum Gasteiger partial charge on any atom is 0.282 e. The molecule has 0 bridgehead atoms. The van der Waals surface area contributed by atoms with Gasteiger partial charge in [-0.15, -0.1) is 0 Å². The Balaban J connectivity index is 1.47. The van der Waals surface area contributed by atoms with Gasteiger partial charge < -0.3 is 10.6 Å². The second-order valence-electron chi connectivity index (χ2n) is 7.24. The number of nitrogens with one attached hydrogen (secondary N) is 2. The number of carbonyl (C=O) groups excluding carboxylic acids is 2. The van der Waals surface area contributed by atoms with Crippen LogP contribution < -0.4 is 10.6 Å². The van der Waals surface area contributed by atoms with Gasteiger partial charge in [-0.2, -0.15) is 16.9 Å². The second kappa shape index (κ2) is 9.65. The van der Waals surface area contributed by atoms with Crippen molar-refractivity contribution in [1.82, 2.24) is 15.1 Å². The molecule has 2 heterocycles. The van der Waals surface area contributed by atoms with Crippen LogP contribution >= 0.6 is 11.8 Å². The third kappa shape index (κ3) is 4.80. The minimum absolute atomic E-state index is 0.0445. The minimum Gasteiger partial charge on any atom is -0.354 e. The summed E-state index contributed by atoms with van der Waals surface area (Å²) in [5.74, 6) is 0.911. The number of nitrogens with zero attached hydrogens (tertiary/aromatic N) is 3. The number of aromatic nitrogens is 2. The number of amides is 2. The Kier molecular flexibility index (Phi) is 6.50. The van der Waals surface area contributed by atoms with Crippen molar-refractivity contribution in [2.75, 3.05) is 11.9 Å². The summed E-state index contributed by atoms with van der Waals surface area (Å²) in [6, 6.07) is 15.6. The van der Waals surface area contributed by atoms with Crippen LogP contribution in [0.1, 0.15) is 27.2 Å². The molecule has 2 N–H and O–H groups in total. The molecule has 4 rings (SSSR count). The van der Waals surface area contributed by atoms with Crippen LogP contribution in [0.25, 0.3) is 0 Å². The summed E-state index contributed by atoms with van der Waals surface area (Å²) in [6.45, 7) is 0.427. The minimum atomic E-state index is -0.609. The zero-order valence-corrected chi connectivity index (χ0v) is 17.9. The van der Waals surface area contributed by atoms with Gasteiger partial charge in [-0.1, -0.05) is 42.5 Å². The average Bonchev–Trinajstić information content (AvgIpc) is 3.37. The molecule has 0 fully saturated rings. The lowest BCUT2D eigenvalue weighted by Gasteiger charge is -2.11. The van der Waals surface area contributed by atoms with Gasteiger partial charge in [0.15, 0.2) is 0 Å². The standard InChI is InChI=1S/C22H21N5O4S/c28-20(23-11-10-15-6-2-1-3-7-15)12-26-21(17-13-32-14-18(17)25-26)24-22(29)16-8-4-5-9-19(16)27(30)31/h1-9H,10-14H2,(H,23,28)(H,24,29). The van der Waals surface area contributed by atoms with E-state index >= 15 is 0 Å². The maximum atomic E-state index is 12.8. The van der Waals surface area contributed by atoms with Crippen LogP contribution in [-0.4, -0.2) is 33.1 Å². The van der Waals surface area contributed by atoms with Gasteiger partial charge in [-0.05, 0) is 18.1 Å². The highest BCUT2D eigenvalue weighted by Gasteiger charge is 2.27. The smallest absolute Gasteiger partial charge is 0.282 e. The maximum absolute atomic E-state index is 12.8. The highest BCUT2D eigenvalue weighted by Crippen LogP contribution is 2.35. The molecule has 1 aliphatic rings. The molecule has 0 spiro atoms. The second-order valence-corrected chi connectivity index (χ2v) is 8.22. The Morgan fingerprint density at radius 1 is 1.09 bits per heavy atom. The lowest BCUT2D eigenvalue weighted by Crippen LogP contribution is -2.30. The molecule has 3 aromatic rings. The van der Waals surface area contributed by atoms with Gasteiger partial charge in [0, 0.05) is 29.7 Å². The molecule has 2 amide bonds. The topological polar surface area (TPSA) is 119 Å². The van der Waals surface area contributed by atoms with Crippen molar-refractivity contribution >= 4 is 35.1 Å². The summed E-state index contributed by atoms with van der Waals surface area (Å²) in [5, 5.41) is 21.4. The van der Waals surface area contributed by atoms with E-state index in [1.54, 1.807) is 17.8 Å². The highest BCUT2D eigenvalue weighted by atomic mass is 32.2. The van der Waals surface area contributed by atoms with E-state index in [4.69, 9.17) is 0 Å². The number of fused-ring (bicyclic) bond motifs is 1. The van der Waals surface area contributed by atoms with E-state index in [2.05, 4.69) is 15.7 Å². The number of carbonyl (C=O) groups is 2. The van der Waals surface area contributed by atoms with Crippen molar-refractivity contribution in [2.24, 2.45) is 0 Å². The summed E-state index contributed by atoms with van der Waals surface area (Å²) in [5.41, 5.74) is 2.46. The fourth-order valence-electron chi connectivity index (χ4n) is 3.50. The molecule has 10 heteroatoms. The first kappa shape index (κ1) is 21.6. The van der Waals surface area contributed by atoms with E-state index in [-0.39, 0.29) is 23.7 Å². The number of hydrogen-bond donors (Lipinski definition) is 2. The lowest BCUT2D eigenvalue weighted by atomic mass is 10.1. The fraction of sp³-hybridized carbons (Fsp3) is 0.227. The van der Waals surface area contributed by atoms with E-state index in [0.29, 0.717) is 30.3 Å². The molecule has 1 aliphatic heterocycles. The predicted octanol–water partition coefficient (Wildman–Crippen LogP) is 3.15. The predicted molar refractivity (Wildman–Crippen MR) is 121 cm³/mol. The Morgan fingerprint density at radius 2 is 1.84 bits per heavy atom. The number of nitro benzene ring substituents is 1. The Labute approximate surface area is 188 Å². The van der Waals surface area contributed by atoms with E-state index in [1.165, 1.54) is 22.9 Å². The normalized spacial score (nSPS) is 12.2. The molecular weight excluding hydrogens is 430 g/mol. The molecule has 2 aromatic carbocycles. The molecule has 1 aromatic heterocycles. The number of anilines is 1. The SMILES string of the molecule is O=C(Cn1nc2c(c1NC(=O)c1ccccc1[N+](=O)[O-])CSC2)NCCc1ccccc1. The van der Waals surface area contributed by atoms with Crippen molar-refractivity contribution in [2.45, 2.75) is 24.5 Å². The number of rotatable bonds is 8. The van der Waals surface area contributed by atoms with Crippen LogP contribution in [0, 0.1) is 10.1 Å². The van der Waals surface area contributed by atoms with Crippen LogP contribution in [0.3, 0.4) is 0 Å². The van der Waals surface area contributed by atoms with Gasteiger partial charge in [0.25, 0.3) is 11.6 Å². The van der Waals surface area contributed by atoms with Gasteiger partial charge in [-0.25, -0.2) is 4.68 Å². The van der Waals surface area contributed by atoms with Crippen molar-refractivity contribution < 1.29 is 14.5 Å². The van der Waals surface area contributed by atoms with Crippen molar-refractivity contribution in [1.29, 1.82) is 0 Å². The number of benzene rings is 2. The summed E-state index contributed by atoms with van der Waals surface area (Å²) >= 11 is 1.66. The zero-order chi connectivity index (χ0) is 22.5. The van der Waals surface area contributed by atoms with Crippen molar-refractivity contribution in [3.05, 3.63) is 87.1 Å². The molecule has 0 unspecified atom stereocenters. The highest BCUT2D eigenvalue weighted by molar-refractivity contribution is 7.98. The Morgan fingerprint density at radius 3 is 2.62 bits per heavy atom. The van der Waals surface area contributed by atoms with Gasteiger partial charge in [0.05, 0.1) is 10.6 Å². The zero-order valence-electron chi connectivity index (χ0n) is 17.1. The summed E-state index contributed by atoms with van der Waals surface area (Å²) in [4.78, 5) is 36.0. The van der Waals surface area contributed by atoms with Crippen LogP contribution in [0.4, 0.5) is 11.5 Å². The molecular formula is C22H21N5O4S. The Hall–Kier alpha value is -3.66. The quantitative estimate of drug-likeness (QED) is 0.401. The van der Waals surface area contributed by atoms with Gasteiger partial charge in [-0.3, -0.25) is 19.7 Å². The number of thioether (sulfide) groups is 1. The average molecular weight is 452 g/mol. The lowest BCUT2D eigenvalue weighted by molar-refractivity contribution is -0.385. The Bertz CT molecular complexity index is 1160. The van der Waals surface area contributed by atoms with E-state index < -0.39 is 10.8 Å². The van der Waals surface area contributed by atoms with Gasteiger partial charge >= 0.3 is 0 Å². The molecule has 9 nitrogen and oxygen atoms in total. The van der Waals surface area contributed by atoms with Crippen LogP contribution in [0.15, 0.2) is 54.6 Å². The van der Waals surface area contributed by atoms with E-state index in [0.717, 1.165) is 16.8 Å². The third-order valence-corrected chi connectivity index (χ3v) is 6.04. The monoisotopic (exact) mass is 451 g/mol.